The third kappa shape index (κ3) is 4.20. The van der Waals surface area contributed by atoms with E-state index in [4.69, 9.17) is 0 Å². The molecule has 4 rings (SSSR count). The van der Waals surface area contributed by atoms with Crippen molar-refractivity contribution in [3.8, 4) is 11.3 Å². The lowest BCUT2D eigenvalue weighted by Gasteiger charge is -2.07. The lowest BCUT2D eigenvalue weighted by Crippen LogP contribution is -2.18. The van der Waals surface area contributed by atoms with Crippen molar-refractivity contribution in [3.63, 3.8) is 0 Å². The summed E-state index contributed by atoms with van der Waals surface area (Å²) < 4.78 is 40.1. The number of carbonyl (C=O) groups excluding carboxylic acids is 1. The molecule has 2 aromatic carbocycles. The minimum absolute atomic E-state index is 0.268. The first-order chi connectivity index (χ1) is 13.9. The van der Waals surface area contributed by atoms with E-state index in [1.54, 1.807) is 23.5 Å². The Morgan fingerprint density at radius 2 is 1.90 bits per heavy atom. The molecule has 0 saturated heterocycles. The van der Waals surface area contributed by atoms with Gasteiger partial charge in [-0.2, -0.15) is 0 Å². The highest BCUT2D eigenvalue weighted by Crippen LogP contribution is 2.23. The molecule has 0 fully saturated rings. The molecule has 0 radical (unpaired) electrons. The van der Waals surface area contributed by atoms with Crippen LogP contribution < -0.4 is 5.32 Å². The summed E-state index contributed by atoms with van der Waals surface area (Å²) in [6.45, 7) is 0. The second-order valence-electron chi connectivity index (χ2n) is 6.34. The highest BCUT2D eigenvalue weighted by atomic mass is 32.2. The van der Waals surface area contributed by atoms with Crippen molar-refractivity contribution in [1.29, 1.82) is 0 Å². The van der Waals surface area contributed by atoms with E-state index in [1.807, 2.05) is 34.3 Å². The van der Waals surface area contributed by atoms with Crippen LogP contribution in [0.1, 0.15) is 6.42 Å². The Kier molecular flexibility index (Phi) is 5.16. The van der Waals surface area contributed by atoms with Gasteiger partial charge in [0.05, 0.1) is 11.4 Å². The molecule has 1 amide bonds. The molecule has 0 spiro atoms. The van der Waals surface area contributed by atoms with E-state index in [-0.39, 0.29) is 6.42 Å². The van der Waals surface area contributed by atoms with Crippen LogP contribution in [0.15, 0.2) is 71.2 Å². The largest absolute Gasteiger partial charge is 0.326 e. The number of imidazole rings is 1. The molecule has 148 valence electrons. The van der Waals surface area contributed by atoms with Gasteiger partial charge in [-0.3, -0.25) is 9.20 Å². The van der Waals surface area contributed by atoms with E-state index in [0.717, 1.165) is 22.3 Å². The Balaban J connectivity index is 1.38. The monoisotopic (exact) mass is 429 g/mol. The lowest BCUT2D eigenvalue weighted by molar-refractivity contribution is -0.115. The third-order valence-corrected chi connectivity index (χ3v) is 6.84. The third-order valence-electron chi connectivity index (χ3n) is 4.33. The average molecular weight is 429 g/mol. The molecule has 1 N–H and O–H groups in total. The number of hydrogen-bond acceptors (Lipinski definition) is 5. The van der Waals surface area contributed by atoms with E-state index in [9.17, 15) is 17.6 Å². The molecule has 0 aliphatic carbocycles. The summed E-state index contributed by atoms with van der Waals surface area (Å²) in [5.74, 6) is -1.74. The summed E-state index contributed by atoms with van der Waals surface area (Å²) >= 11 is 1.54. The van der Waals surface area contributed by atoms with Gasteiger partial charge in [0.1, 0.15) is 10.7 Å². The number of hydrogen-bond donors (Lipinski definition) is 1. The van der Waals surface area contributed by atoms with Gasteiger partial charge in [0.2, 0.25) is 5.91 Å². The number of fused-ring (bicyclic) bond motifs is 1. The highest BCUT2D eigenvalue weighted by Gasteiger charge is 2.20. The molecule has 0 saturated carbocycles. The Morgan fingerprint density at radius 3 is 2.62 bits per heavy atom. The zero-order valence-electron chi connectivity index (χ0n) is 15.1. The zero-order chi connectivity index (χ0) is 20.4. The summed E-state index contributed by atoms with van der Waals surface area (Å²) in [7, 11) is -3.87. The summed E-state index contributed by atoms with van der Waals surface area (Å²) in [4.78, 5) is 17.2. The minimum atomic E-state index is -3.87. The number of nitrogens with zero attached hydrogens (tertiary/aromatic N) is 2. The van der Waals surface area contributed by atoms with Gasteiger partial charge < -0.3 is 5.32 Å². The maximum absolute atomic E-state index is 13.7. The summed E-state index contributed by atoms with van der Waals surface area (Å²) in [5, 5.41) is 4.62. The predicted octanol–water partition coefficient (Wildman–Crippen LogP) is 4.00. The molecule has 6 nitrogen and oxygen atoms in total. The van der Waals surface area contributed by atoms with Crippen LogP contribution in [0, 0.1) is 5.82 Å². The SMILES string of the molecule is O=C(CCS(=O)(=O)c1ccccc1F)Nc1ccc(-c2cn3ccsc3n2)cc1. The van der Waals surface area contributed by atoms with Gasteiger partial charge in [0, 0.05) is 35.4 Å². The maximum atomic E-state index is 13.7. The molecule has 29 heavy (non-hydrogen) atoms. The molecule has 2 aromatic heterocycles. The Morgan fingerprint density at radius 1 is 1.14 bits per heavy atom. The van der Waals surface area contributed by atoms with Crippen LogP contribution in [0.3, 0.4) is 0 Å². The molecular weight excluding hydrogens is 413 g/mol. The fourth-order valence-electron chi connectivity index (χ4n) is 2.85. The lowest BCUT2D eigenvalue weighted by atomic mass is 10.1. The molecule has 0 atom stereocenters. The van der Waals surface area contributed by atoms with Crippen molar-refractivity contribution >= 4 is 37.7 Å². The highest BCUT2D eigenvalue weighted by molar-refractivity contribution is 7.91. The summed E-state index contributed by atoms with van der Waals surface area (Å²) in [5.41, 5.74) is 2.27. The number of thiazole rings is 1. The quantitative estimate of drug-likeness (QED) is 0.502. The van der Waals surface area contributed by atoms with E-state index in [2.05, 4.69) is 10.3 Å². The number of aromatic nitrogens is 2. The first-order valence-electron chi connectivity index (χ1n) is 8.72. The fraction of sp³-hybridized carbons (Fsp3) is 0.100. The van der Waals surface area contributed by atoms with Crippen LogP contribution in [-0.4, -0.2) is 29.5 Å². The molecule has 0 aliphatic heterocycles. The van der Waals surface area contributed by atoms with Crippen molar-refractivity contribution in [1.82, 2.24) is 9.38 Å². The van der Waals surface area contributed by atoms with Crippen LogP contribution in [-0.2, 0) is 14.6 Å². The molecule has 0 bridgehead atoms. The van der Waals surface area contributed by atoms with Crippen molar-refractivity contribution in [2.75, 3.05) is 11.1 Å². The topological polar surface area (TPSA) is 80.5 Å². The molecule has 4 aromatic rings. The molecule has 9 heteroatoms. The molecule has 2 heterocycles. The van der Waals surface area contributed by atoms with Crippen molar-refractivity contribution in [3.05, 3.63) is 72.1 Å². The second-order valence-corrected chi connectivity index (χ2v) is 9.29. The smallest absolute Gasteiger partial charge is 0.225 e. The maximum Gasteiger partial charge on any atom is 0.225 e. The van der Waals surface area contributed by atoms with Crippen molar-refractivity contribution in [2.24, 2.45) is 0 Å². The average Bonchev–Trinajstić information content (AvgIpc) is 3.30. The van der Waals surface area contributed by atoms with E-state index >= 15 is 0 Å². The van der Waals surface area contributed by atoms with Gasteiger partial charge in [0.15, 0.2) is 14.8 Å². The number of anilines is 1. The Hall–Kier alpha value is -3.04. The van der Waals surface area contributed by atoms with Gasteiger partial charge in [-0.15, -0.1) is 11.3 Å². The number of carbonyl (C=O) groups is 1. The van der Waals surface area contributed by atoms with Gasteiger partial charge >= 0.3 is 0 Å². The number of halogens is 1. The number of amides is 1. The standard InChI is InChI=1S/C20H16FN3O3S2/c21-16-3-1-2-4-18(16)29(26,27)12-9-19(25)22-15-7-5-14(6-8-15)17-13-24-10-11-28-20(24)23-17/h1-8,10-11,13H,9,12H2,(H,22,25). The molecule has 0 aliphatic rings. The van der Waals surface area contributed by atoms with Gasteiger partial charge in [0.25, 0.3) is 0 Å². The minimum Gasteiger partial charge on any atom is -0.326 e. The van der Waals surface area contributed by atoms with E-state index in [1.165, 1.54) is 18.2 Å². The number of rotatable bonds is 6. The van der Waals surface area contributed by atoms with Gasteiger partial charge in [-0.05, 0) is 24.3 Å². The Labute approximate surface area is 170 Å². The van der Waals surface area contributed by atoms with E-state index < -0.39 is 32.2 Å². The summed E-state index contributed by atoms with van der Waals surface area (Å²) in [6.07, 6.45) is 3.59. The van der Waals surface area contributed by atoms with Crippen LogP contribution in [0.25, 0.3) is 16.2 Å². The van der Waals surface area contributed by atoms with Gasteiger partial charge in [-0.1, -0.05) is 24.3 Å². The Bertz CT molecular complexity index is 1250. The number of nitrogens with one attached hydrogen (secondary N) is 1. The first-order valence-corrected chi connectivity index (χ1v) is 11.3. The fourth-order valence-corrected chi connectivity index (χ4v) is 4.87. The van der Waals surface area contributed by atoms with Gasteiger partial charge in [-0.25, -0.2) is 17.8 Å². The zero-order valence-corrected chi connectivity index (χ0v) is 16.7. The second kappa shape index (κ2) is 7.76. The number of sulfone groups is 1. The summed E-state index contributed by atoms with van der Waals surface area (Å²) in [6, 6.07) is 12.3. The van der Waals surface area contributed by atoms with Crippen LogP contribution >= 0.6 is 11.3 Å². The van der Waals surface area contributed by atoms with E-state index in [0.29, 0.717) is 5.69 Å². The van der Waals surface area contributed by atoms with Crippen LogP contribution in [0.2, 0.25) is 0 Å². The first kappa shape index (κ1) is 19.3. The van der Waals surface area contributed by atoms with Crippen LogP contribution in [0.4, 0.5) is 10.1 Å². The predicted molar refractivity (Wildman–Crippen MR) is 110 cm³/mol. The van der Waals surface area contributed by atoms with Crippen LogP contribution in [0.5, 0.6) is 0 Å². The molecule has 0 unspecified atom stereocenters. The molecular formula is C20H16FN3O3S2. The number of benzene rings is 2. The normalized spacial score (nSPS) is 11.6. The van der Waals surface area contributed by atoms with Crippen molar-refractivity contribution < 1.29 is 17.6 Å². The van der Waals surface area contributed by atoms with Crippen molar-refractivity contribution in [2.45, 2.75) is 11.3 Å².